The Kier molecular flexibility index (Phi) is 4.08. The van der Waals surface area contributed by atoms with Crippen LogP contribution in [0.15, 0.2) is 66.8 Å². The minimum Gasteiger partial charge on any atom is -0.300 e. The monoisotopic (exact) mass is 337 g/mol. The average molecular weight is 337 g/mol. The minimum absolute atomic E-state index is 0.616. The van der Waals surface area contributed by atoms with E-state index in [0.29, 0.717) is 5.71 Å². The second kappa shape index (κ2) is 6.42. The van der Waals surface area contributed by atoms with Crippen molar-refractivity contribution in [1.82, 2.24) is 0 Å². The molecule has 0 saturated carbocycles. The highest BCUT2D eigenvalue weighted by molar-refractivity contribution is 6.21. The molecule has 1 aliphatic carbocycles. The molecule has 0 fully saturated rings. The SMILES string of the molecule is Cc1ccc(C(=N)c2c(C3=CC=CC3)ccc3ccccc23)c(C)c1C. The van der Waals surface area contributed by atoms with Crippen molar-refractivity contribution < 1.29 is 0 Å². The van der Waals surface area contributed by atoms with Gasteiger partial charge in [0.1, 0.15) is 0 Å². The number of hydrogen-bond donors (Lipinski definition) is 1. The Morgan fingerprint density at radius 3 is 2.46 bits per heavy atom. The van der Waals surface area contributed by atoms with Crippen LogP contribution in [0.1, 0.15) is 39.8 Å². The van der Waals surface area contributed by atoms with Crippen LogP contribution in [0.3, 0.4) is 0 Å². The van der Waals surface area contributed by atoms with Crippen LogP contribution in [0.25, 0.3) is 16.3 Å². The van der Waals surface area contributed by atoms with Gasteiger partial charge in [0, 0.05) is 11.1 Å². The summed E-state index contributed by atoms with van der Waals surface area (Å²) < 4.78 is 0. The van der Waals surface area contributed by atoms with E-state index in [1.54, 1.807) is 0 Å². The van der Waals surface area contributed by atoms with Gasteiger partial charge in [0.15, 0.2) is 0 Å². The number of aryl methyl sites for hydroxylation is 1. The molecule has 0 radical (unpaired) electrons. The first-order valence-electron chi connectivity index (χ1n) is 9.12. The van der Waals surface area contributed by atoms with E-state index in [4.69, 9.17) is 5.41 Å². The maximum Gasteiger partial charge on any atom is 0.0699 e. The van der Waals surface area contributed by atoms with Crippen LogP contribution in [-0.2, 0) is 0 Å². The fraction of sp³-hybridized carbons (Fsp3) is 0.160. The quantitative estimate of drug-likeness (QED) is 0.526. The third-order valence-corrected chi connectivity index (χ3v) is 5.62. The summed E-state index contributed by atoms with van der Waals surface area (Å²) in [6.45, 7) is 6.41. The van der Waals surface area contributed by atoms with Gasteiger partial charge in [0.2, 0.25) is 0 Å². The first kappa shape index (κ1) is 16.5. The zero-order chi connectivity index (χ0) is 18.3. The van der Waals surface area contributed by atoms with Crippen molar-refractivity contribution in [1.29, 1.82) is 5.41 Å². The Balaban J connectivity index is 1.99. The Morgan fingerprint density at radius 1 is 0.885 bits per heavy atom. The van der Waals surface area contributed by atoms with Gasteiger partial charge in [0.25, 0.3) is 0 Å². The Labute approximate surface area is 155 Å². The zero-order valence-corrected chi connectivity index (χ0v) is 15.6. The first-order valence-corrected chi connectivity index (χ1v) is 9.12. The molecular weight excluding hydrogens is 314 g/mol. The summed E-state index contributed by atoms with van der Waals surface area (Å²) >= 11 is 0. The summed E-state index contributed by atoms with van der Waals surface area (Å²) in [5, 5.41) is 11.5. The lowest BCUT2D eigenvalue weighted by atomic mass is 9.86. The summed E-state index contributed by atoms with van der Waals surface area (Å²) in [6.07, 6.45) is 7.40. The fourth-order valence-corrected chi connectivity index (χ4v) is 3.82. The molecule has 128 valence electrons. The van der Waals surface area contributed by atoms with Crippen LogP contribution in [-0.4, -0.2) is 5.71 Å². The van der Waals surface area contributed by atoms with Crippen molar-refractivity contribution in [3.8, 4) is 0 Å². The van der Waals surface area contributed by atoms with Gasteiger partial charge in [-0.1, -0.05) is 66.8 Å². The zero-order valence-electron chi connectivity index (χ0n) is 15.6. The Bertz CT molecular complexity index is 1100. The smallest absolute Gasteiger partial charge is 0.0699 e. The van der Waals surface area contributed by atoms with Gasteiger partial charge >= 0.3 is 0 Å². The maximum absolute atomic E-state index is 9.12. The lowest BCUT2D eigenvalue weighted by molar-refractivity contribution is 1.25. The molecule has 1 aliphatic rings. The predicted molar refractivity (Wildman–Crippen MR) is 112 cm³/mol. The van der Waals surface area contributed by atoms with E-state index in [1.165, 1.54) is 33.2 Å². The van der Waals surface area contributed by atoms with Crippen LogP contribution in [0.4, 0.5) is 0 Å². The van der Waals surface area contributed by atoms with E-state index >= 15 is 0 Å². The van der Waals surface area contributed by atoms with Gasteiger partial charge in [0.05, 0.1) is 5.71 Å². The highest BCUT2D eigenvalue weighted by Gasteiger charge is 2.19. The summed E-state index contributed by atoms with van der Waals surface area (Å²) in [7, 11) is 0. The van der Waals surface area contributed by atoms with E-state index in [1.807, 2.05) is 0 Å². The Morgan fingerprint density at radius 2 is 1.69 bits per heavy atom. The molecule has 0 aliphatic heterocycles. The molecule has 0 saturated heterocycles. The fourth-order valence-electron chi connectivity index (χ4n) is 3.82. The summed E-state index contributed by atoms with van der Waals surface area (Å²) in [5.41, 5.74) is 8.91. The highest BCUT2D eigenvalue weighted by Crippen LogP contribution is 2.33. The van der Waals surface area contributed by atoms with E-state index in [-0.39, 0.29) is 0 Å². The minimum atomic E-state index is 0.616. The van der Waals surface area contributed by atoms with Gasteiger partial charge in [-0.05, 0) is 65.8 Å². The molecule has 3 aromatic carbocycles. The second-order valence-corrected chi connectivity index (χ2v) is 7.09. The van der Waals surface area contributed by atoms with Crippen molar-refractivity contribution in [3.63, 3.8) is 0 Å². The largest absolute Gasteiger partial charge is 0.300 e. The summed E-state index contributed by atoms with van der Waals surface area (Å²) in [6, 6.07) is 17.0. The van der Waals surface area contributed by atoms with Crippen LogP contribution in [0.2, 0.25) is 0 Å². The summed E-state index contributed by atoms with van der Waals surface area (Å²) in [5.74, 6) is 0. The molecule has 3 aromatic rings. The number of allylic oxidation sites excluding steroid dienone is 4. The number of nitrogens with one attached hydrogen (secondary N) is 1. The maximum atomic E-state index is 9.12. The molecule has 0 amide bonds. The van der Waals surface area contributed by atoms with Crippen molar-refractivity contribution >= 4 is 22.1 Å². The van der Waals surface area contributed by atoms with Crippen LogP contribution in [0.5, 0.6) is 0 Å². The predicted octanol–water partition coefficient (Wildman–Crippen LogP) is 6.52. The molecule has 0 bridgehead atoms. The molecular formula is C25H23N. The van der Waals surface area contributed by atoms with Crippen LogP contribution >= 0.6 is 0 Å². The van der Waals surface area contributed by atoms with Gasteiger partial charge in [-0.15, -0.1) is 0 Å². The molecule has 26 heavy (non-hydrogen) atoms. The topological polar surface area (TPSA) is 23.9 Å². The van der Waals surface area contributed by atoms with Crippen LogP contribution in [0, 0.1) is 26.2 Å². The Hall–Kier alpha value is -2.93. The number of benzene rings is 3. The normalized spacial score (nSPS) is 13.3. The molecule has 0 spiro atoms. The molecule has 0 unspecified atom stereocenters. The van der Waals surface area contributed by atoms with Crippen LogP contribution < -0.4 is 0 Å². The third-order valence-electron chi connectivity index (χ3n) is 5.62. The van der Waals surface area contributed by atoms with Crippen molar-refractivity contribution in [2.45, 2.75) is 27.2 Å². The van der Waals surface area contributed by atoms with Crippen molar-refractivity contribution in [2.75, 3.05) is 0 Å². The molecule has 1 nitrogen and oxygen atoms in total. The van der Waals surface area contributed by atoms with E-state index in [2.05, 4.69) is 87.5 Å². The molecule has 1 N–H and O–H groups in total. The van der Waals surface area contributed by atoms with Gasteiger partial charge in [-0.25, -0.2) is 0 Å². The molecule has 0 heterocycles. The molecule has 1 heteroatoms. The average Bonchev–Trinajstić information content (AvgIpc) is 3.19. The first-order chi connectivity index (χ1) is 12.6. The highest BCUT2D eigenvalue weighted by atomic mass is 14.4. The van der Waals surface area contributed by atoms with E-state index < -0.39 is 0 Å². The summed E-state index contributed by atoms with van der Waals surface area (Å²) in [4.78, 5) is 0. The standard InChI is InChI=1S/C25H23N/c1-16-12-14-21(18(3)17(16)2)25(26)24-22-11-7-6-10-20(22)13-15-23(24)19-8-4-5-9-19/h4-8,10-15,26H,9H2,1-3H3. The van der Waals surface area contributed by atoms with E-state index in [9.17, 15) is 0 Å². The molecule has 0 aromatic heterocycles. The van der Waals surface area contributed by atoms with E-state index in [0.717, 1.165) is 22.9 Å². The lowest BCUT2D eigenvalue weighted by Gasteiger charge is -2.18. The van der Waals surface area contributed by atoms with Gasteiger partial charge in [-0.3, -0.25) is 5.41 Å². The number of fused-ring (bicyclic) bond motifs is 1. The van der Waals surface area contributed by atoms with Crippen molar-refractivity contribution in [2.24, 2.45) is 0 Å². The lowest BCUT2D eigenvalue weighted by Crippen LogP contribution is -2.09. The van der Waals surface area contributed by atoms with Crippen molar-refractivity contribution in [3.05, 3.63) is 100 Å². The molecule has 4 rings (SSSR count). The second-order valence-electron chi connectivity index (χ2n) is 7.09. The third kappa shape index (κ3) is 2.61. The number of rotatable bonds is 3. The van der Waals surface area contributed by atoms with Gasteiger partial charge < -0.3 is 0 Å². The van der Waals surface area contributed by atoms with Gasteiger partial charge in [-0.2, -0.15) is 0 Å². The molecule has 0 atom stereocenters. The number of hydrogen-bond acceptors (Lipinski definition) is 1.